The van der Waals surface area contributed by atoms with Gasteiger partial charge >= 0.3 is 0 Å². The third-order valence-electron chi connectivity index (χ3n) is 2.90. The molecule has 0 aliphatic rings. The van der Waals surface area contributed by atoms with Crippen molar-refractivity contribution in [3.05, 3.63) is 71.4 Å². The summed E-state index contributed by atoms with van der Waals surface area (Å²) in [4.78, 5) is 0. The maximum absolute atomic E-state index is 13.5. The molecule has 0 fully saturated rings. The Balaban J connectivity index is 2.28. The number of benzene rings is 2. The summed E-state index contributed by atoms with van der Waals surface area (Å²) in [5, 5.41) is 10.3. The molecule has 0 saturated heterocycles. The number of rotatable bonds is 5. The Labute approximate surface area is 121 Å². The van der Waals surface area contributed by atoms with Crippen LogP contribution in [0.15, 0.2) is 48.7 Å². The van der Waals surface area contributed by atoms with Crippen LogP contribution in [0.25, 0.3) is 5.57 Å². The van der Waals surface area contributed by atoms with E-state index in [-0.39, 0.29) is 12.4 Å². The van der Waals surface area contributed by atoms with Gasteiger partial charge in [-0.1, -0.05) is 6.07 Å². The topological polar surface area (TPSA) is 61.9 Å². The normalized spacial score (nSPS) is 11.3. The van der Waals surface area contributed by atoms with Crippen LogP contribution in [0.3, 0.4) is 0 Å². The Kier molecular flexibility index (Phi) is 4.79. The second-order valence-electron chi connectivity index (χ2n) is 4.45. The molecule has 4 N–H and O–H groups in total. The third kappa shape index (κ3) is 3.97. The monoisotopic (exact) mass is 287 g/mol. The zero-order chi connectivity index (χ0) is 15.2. The van der Waals surface area contributed by atoms with Crippen molar-refractivity contribution in [3.63, 3.8) is 0 Å². The molecule has 5 heteroatoms. The standard InChI is InChI=1S/C16H15F2N3/c17-14-2-1-3-16(7-14)21-10-13(9-20)12-4-11(8-19)5-15(18)6-12/h1-7,9-10,20-21H,8,19H2/b13-10+,20-9?. The number of hydrogen-bond donors (Lipinski definition) is 3. The van der Waals surface area contributed by atoms with Crippen molar-refractivity contribution in [3.8, 4) is 0 Å². The average molecular weight is 287 g/mol. The lowest BCUT2D eigenvalue weighted by Gasteiger charge is -2.07. The SMILES string of the molecule is N=C/C(=C\Nc1cccc(F)c1)c1cc(F)cc(CN)c1. The highest BCUT2D eigenvalue weighted by atomic mass is 19.1. The minimum Gasteiger partial charge on any atom is -0.361 e. The molecule has 0 radical (unpaired) electrons. The maximum Gasteiger partial charge on any atom is 0.125 e. The minimum absolute atomic E-state index is 0.216. The van der Waals surface area contributed by atoms with Crippen LogP contribution in [0.2, 0.25) is 0 Å². The first-order valence-electron chi connectivity index (χ1n) is 6.35. The molecule has 0 unspecified atom stereocenters. The van der Waals surface area contributed by atoms with Gasteiger partial charge in [0, 0.05) is 30.2 Å². The number of halogens is 2. The molecule has 21 heavy (non-hydrogen) atoms. The molecule has 0 saturated carbocycles. The quantitative estimate of drug-likeness (QED) is 0.737. The Morgan fingerprint density at radius 3 is 2.62 bits per heavy atom. The number of nitrogens with two attached hydrogens (primary N) is 1. The van der Waals surface area contributed by atoms with Gasteiger partial charge in [-0.2, -0.15) is 0 Å². The number of anilines is 1. The van der Waals surface area contributed by atoms with E-state index in [0.717, 1.165) is 6.21 Å². The number of allylic oxidation sites excluding steroid dienone is 1. The fourth-order valence-electron chi connectivity index (χ4n) is 1.88. The molecule has 0 aliphatic heterocycles. The first kappa shape index (κ1) is 14.9. The lowest BCUT2D eigenvalue weighted by atomic mass is 10.0. The number of hydrogen-bond acceptors (Lipinski definition) is 3. The highest BCUT2D eigenvalue weighted by molar-refractivity contribution is 6.08. The highest BCUT2D eigenvalue weighted by Crippen LogP contribution is 2.18. The molecular formula is C16H15F2N3. The van der Waals surface area contributed by atoms with E-state index in [1.807, 2.05) is 0 Å². The molecule has 0 aromatic heterocycles. The smallest absolute Gasteiger partial charge is 0.125 e. The molecule has 0 aliphatic carbocycles. The zero-order valence-corrected chi connectivity index (χ0v) is 11.2. The average Bonchev–Trinajstić information content (AvgIpc) is 2.47. The minimum atomic E-state index is -0.411. The Hall–Kier alpha value is -2.53. The van der Waals surface area contributed by atoms with Crippen molar-refractivity contribution in [2.45, 2.75) is 6.54 Å². The maximum atomic E-state index is 13.5. The second kappa shape index (κ2) is 6.76. The molecule has 2 aromatic rings. The Morgan fingerprint density at radius 2 is 1.95 bits per heavy atom. The van der Waals surface area contributed by atoms with Gasteiger partial charge in [0.15, 0.2) is 0 Å². The molecule has 2 rings (SSSR count). The summed E-state index contributed by atoms with van der Waals surface area (Å²) in [6.07, 6.45) is 2.62. The van der Waals surface area contributed by atoms with Gasteiger partial charge in [0.25, 0.3) is 0 Å². The van der Waals surface area contributed by atoms with Crippen molar-refractivity contribution in [1.82, 2.24) is 0 Å². The Bertz CT molecular complexity index is 681. The van der Waals surface area contributed by atoms with E-state index < -0.39 is 5.82 Å². The van der Waals surface area contributed by atoms with E-state index in [0.29, 0.717) is 22.4 Å². The van der Waals surface area contributed by atoms with Crippen LogP contribution in [0, 0.1) is 17.0 Å². The van der Waals surface area contributed by atoms with Crippen molar-refractivity contribution >= 4 is 17.5 Å². The van der Waals surface area contributed by atoms with Gasteiger partial charge in [-0.05, 0) is 47.5 Å². The van der Waals surface area contributed by atoms with E-state index in [1.54, 1.807) is 18.2 Å². The predicted molar refractivity (Wildman–Crippen MR) is 81.1 cm³/mol. The molecule has 0 amide bonds. The van der Waals surface area contributed by atoms with Gasteiger partial charge < -0.3 is 16.5 Å². The van der Waals surface area contributed by atoms with Crippen LogP contribution in [0.5, 0.6) is 0 Å². The van der Waals surface area contributed by atoms with Crippen molar-refractivity contribution in [2.24, 2.45) is 5.73 Å². The lowest BCUT2D eigenvalue weighted by Crippen LogP contribution is -2.00. The van der Waals surface area contributed by atoms with Gasteiger partial charge in [-0.25, -0.2) is 8.78 Å². The van der Waals surface area contributed by atoms with Crippen LogP contribution in [0.4, 0.5) is 14.5 Å². The molecule has 2 aromatic carbocycles. The summed E-state index contributed by atoms with van der Waals surface area (Å²) in [5.41, 5.74) is 7.70. The van der Waals surface area contributed by atoms with Crippen molar-refractivity contribution in [2.75, 3.05) is 5.32 Å². The van der Waals surface area contributed by atoms with Gasteiger partial charge in [-0.15, -0.1) is 0 Å². The van der Waals surface area contributed by atoms with E-state index >= 15 is 0 Å². The van der Waals surface area contributed by atoms with E-state index in [1.165, 1.54) is 30.5 Å². The summed E-state index contributed by atoms with van der Waals surface area (Å²) in [5.74, 6) is -0.771. The van der Waals surface area contributed by atoms with E-state index in [4.69, 9.17) is 11.1 Å². The first-order valence-corrected chi connectivity index (χ1v) is 6.35. The largest absolute Gasteiger partial charge is 0.361 e. The van der Waals surface area contributed by atoms with Crippen molar-refractivity contribution < 1.29 is 8.78 Å². The summed E-state index contributed by atoms with van der Waals surface area (Å²) in [6, 6.07) is 10.3. The van der Waals surface area contributed by atoms with Crippen LogP contribution in [-0.2, 0) is 6.54 Å². The van der Waals surface area contributed by atoms with Crippen LogP contribution >= 0.6 is 0 Å². The summed E-state index contributed by atoms with van der Waals surface area (Å²) in [6.45, 7) is 0.216. The van der Waals surface area contributed by atoms with Gasteiger partial charge in [-0.3, -0.25) is 0 Å². The second-order valence-corrected chi connectivity index (χ2v) is 4.45. The fourth-order valence-corrected chi connectivity index (χ4v) is 1.88. The molecule has 0 atom stereocenters. The number of nitrogens with one attached hydrogen (secondary N) is 2. The summed E-state index contributed by atoms with van der Waals surface area (Å²) >= 11 is 0. The molecular weight excluding hydrogens is 272 g/mol. The summed E-state index contributed by atoms with van der Waals surface area (Å²) in [7, 11) is 0. The van der Waals surface area contributed by atoms with Crippen molar-refractivity contribution in [1.29, 1.82) is 5.41 Å². The third-order valence-corrected chi connectivity index (χ3v) is 2.90. The van der Waals surface area contributed by atoms with Crippen LogP contribution < -0.4 is 11.1 Å². The van der Waals surface area contributed by atoms with Gasteiger partial charge in [0.2, 0.25) is 0 Å². The van der Waals surface area contributed by atoms with Crippen LogP contribution in [-0.4, -0.2) is 6.21 Å². The summed E-state index contributed by atoms with van der Waals surface area (Å²) < 4.78 is 26.6. The van der Waals surface area contributed by atoms with E-state index in [9.17, 15) is 8.78 Å². The predicted octanol–water partition coefficient (Wildman–Crippen LogP) is 3.53. The molecule has 0 heterocycles. The molecule has 0 bridgehead atoms. The highest BCUT2D eigenvalue weighted by Gasteiger charge is 2.04. The van der Waals surface area contributed by atoms with E-state index in [2.05, 4.69) is 5.32 Å². The molecule has 108 valence electrons. The fraction of sp³-hybridized carbons (Fsp3) is 0.0625. The molecule has 3 nitrogen and oxygen atoms in total. The van der Waals surface area contributed by atoms with Gasteiger partial charge in [0.1, 0.15) is 11.6 Å². The Morgan fingerprint density at radius 1 is 1.14 bits per heavy atom. The van der Waals surface area contributed by atoms with Crippen LogP contribution in [0.1, 0.15) is 11.1 Å². The molecule has 0 spiro atoms. The lowest BCUT2D eigenvalue weighted by molar-refractivity contribution is 0.625. The first-order chi connectivity index (χ1) is 10.1. The van der Waals surface area contributed by atoms with Gasteiger partial charge in [0.05, 0.1) is 0 Å². The zero-order valence-electron chi connectivity index (χ0n) is 11.2.